The van der Waals surface area contributed by atoms with Crippen molar-refractivity contribution in [1.29, 1.82) is 0 Å². The Balaban J connectivity index is 1.92. The highest BCUT2D eigenvalue weighted by Gasteiger charge is 2.17. The summed E-state index contributed by atoms with van der Waals surface area (Å²) in [6.07, 6.45) is 0.358. The third kappa shape index (κ3) is 3.88. The van der Waals surface area contributed by atoms with Crippen molar-refractivity contribution in [1.82, 2.24) is 0 Å². The van der Waals surface area contributed by atoms with Gasteiger partial charge in [0.05, 0.1) is 6.42 Å². The van der Waals surface area contributed by atoms with Crippen LogP contribution in [0, 0.1) is 0 Å². The predicted octanol–water partition coefficient (Wildman–Crippen LogP) is 5.36. The van der Waals surface area contributed by atoms with E-state index in [1.807, 2.05) is 84.9 Å². The number of hydrogen-bond donors (Lipinski definition) is 0. The van der Waals surface area contributed by atoms with Crippen LogP contribution in [0.2, 0.25) is 0 Å². The lowest BCUT2D eigenvalue weighted by molar-refractivity contribution is -0.117. The first-order chi connectivity index (χ1) is 11.2. The van der Waals surface area contributed by atoms with Crippen LogP contribution in [0.4, 0.5) is 11.4 Å². The highest BCUT2D eigenvalue weighted by atomic mass is 79.9. The fourth-order valence-electron chi connectivity index (χ4n) is 2.45. The third-order valence-corrected chi connectivity index (χ3v) is 4.08. The Labute approximate surface area is 144 Å². The minimum absolute atomic E-state index is 0.0460. The molecular weight excluding hydrogens is 350 g/mol. The van der Waals surface area contributed by atoms with Gasteiger partial charge in [-0.1, -0.05) is 64.5 Å². The van der Waals surface area contributed by atoms with Crippen molar-refractivity contribution in [3.63, 3.8) is 0 Å². The molecule has 3 heteroatoms. The Hall–Kier alpha value is -2.39. The zero-order chi connectivity index (χ0) is 16.1. The van der Waals surface area contributed by atoms with Crippen molar-refractivity contribution in [2.24, 2.45) is 0 Å². The molecule has 3 aromatic rings. The number of rotatable bonds is 4. The Morgan fingerprint density at radius 1 is 0.739 bits per heavy atom. The van der Waals surface area contributed by atoms with Crippen molar-refractivity contribution in [3.05, 3.63) is 95.0 Å². The first-order valence-electron chi connectivity index (χ1n) is 7.41. The predicted molar refractivity (Wildman–Crippen MR) is 97.9 cm³/mol. The average Bonchev–Trinajstić information content (AvgIpc) is 2.59. The second kappa shape index (κ2) is 7.25. The normalized spacial score (nSPS) is 10.3. The lowest BCUT2D eigenvalue weighted by Gasteiger charge is -2.23. The summed E-state index contributed by atoms with van der Waals surface area (Å²) in [5.41, 5.74) is 2.75. The van der Waals surface area contributed by atoms with E-state index in [1.165, 1.54) is 0 Å². The molecule has 0 unspecified atom stereocenters. The molecule has 0 saturated carbocycles. The number of benzene rings is 3. The van der Waals surface area contributed by atoms with E-state index in [0.29, 0.717) is 6.42 Å². The number of carbonyl (C=O) groups is 1. The van der Waals surface area contributed by atoms with Crippen molar-refractivity contribution >= 4 is 33.2 Å². The summed E-state index contributed by atoms with van der Waals surface area (Å²) < 4.78 is 1.01. The maximum Gasteiger partial charge on any atom is 0.235 e. The van der Waals surface area contributed by atoms with Gasteiger partial charge >= 0.3 is 0 Å². The molecule has 0 aliphatic carbocycles. The number of carbonyl (C=O) groups excluding carboxylic acids is 1. The maximum atomic E-state index is 12.9. The summed E-state index contributed by atoms with van der Waals surface area (Å²) in [6, 6.07) is 27.3. The molecule has 3 aromatic carbocycles. The number of hydrogen-bond acceptors (Lipinski definition) is 1. The highest BCUT2D eigenvalue weighted by Crippen LogP contribution is 2.26. The SMILES string of the molecule is O=C(Cc1ccc(Br)cc1)N(c1ccccc1)c1ccccc1. The minimum Gasteiger partial charge on any atom is -0.281 e. The topological polar surface area (TPSA) is 20.3 Å². The number of halogens is 1. The maximum absolute atomic E-state index is 12.9. The quantitative estimate of drug-likeness (QED) is 0.609. The molecule has 0 radical (unpaired) electrons. The summed E-state index contributed by atoms with van der Waals surface area (Å²) in [5, 5.41) is 0. The van der Waals surface area contributed by atoms with Crippen LogP contribution < -0.4 is 4.90 Å². The highest BCUT2D eigenvalue weighted by molar-refractivity contribution is 9.10. The first-order valence-corrected chi connectivity index (χ1v) is 8.21. The Morgan fingerprint density at radius 2 is 1.22 bits per heavy atom. The fourth-order valence-corrected chi connectivity index (χ4v) is 2.71. The van der Waals surface area contributed by atoms with E-state index in [0.717, 1.165) is 21.4 Å². The van der Waals surface area contributed by atoms with Crippen LogP contribution >= 0.6 is 15.9 Å². The summed E-state index contributed by atoms with van der Waals surface area (Å²) in [5.74, 6) is 0.0460. The molecule has 0 spiro atoms. The minimum atomic E-state index is 0.0460. The van der Waals surface area contributed by atoms with Crippen LogP contribution in [0.5, 0.6) is 0 Å². The number of nitrogens with zero attached hydrogens (tertiary/aromatic N) is 1. The fraction of sp³-hybridized carbons (Fsp3) is 0.0500. The van der Waals surface area contributed by atoms with E-state index < -0.39 is 0 Å². The molecule has 2 nitrogen and oxygen atoms in total. The van der Waals surface area contributed by atoms with E-state index in [-0.39, 0.29) is 5.91 Å². The van der Waals surface area contributed by atoms with Gasteiger partial charge in [0.25, 0.3) is 0 Å². The molecule has 0 aliphatic heterocycles. The van der Waals surface area contributed by atoms with Crippen molar-refractivity contribution in [2.75, 3.05) is 4.90 Å². The van der Waals surface area contributed by atoms with Gasteiger partial charge < -0.3 is 0 Å². The Morgan fingerprint density at radius 3 is 1.70 bits per heavy atom. The van der Waals surface area contributed by atoms with Crippen LogP contribution in [0.15, 0.2) is 89.4 Å². The molecule has 0 heterocycles. The van der Waals surface area contributed by atoms with Crippen LogP contribution in [-0.2, 0) is 11.2 Å². The molecule has 0 aromatic heterocycles. The Kier molecular flexibility index (Phi) is 4.89. The van der Waals surface area contributed by atoms with Crippen LogP contribution in [0.3, 0.4) is 0 Å². The summed E-state index contributed by atoms with van der Waals surface area (Å²) >= 11 is 3.42. The number of amides is 1. The van der Waals surface area contributed by atoms with Crippen molar-refractivity contribution < 1.29 is 4.79 Å². The molecule has 0 bridgehead atoms. The Bertz CT molecular complexity index is 730. The molecule has 0 N–H and O–H groups in total. The lowest BCUT2D eigenvalue weighted by Crippen LogP contribution is -2.27. The van der Waals surface area contributed by atoms with E-state index in [2.05, 4.69) is 15.9 Å². The molecule has 3 rings (SSSR count). The van der Waals surface area contributed by atoms with Gasteiger partial charge in [-0.15, -0.1) is 0 Å². The number of anilines is 2. The van der Waals surface area contributed by atoms with Gasteiger partial charge in [-0.25, -0.2) is 0 Å². The molecular formula is C20H16BrNO. The molecule has 1 amide bonds. The van der Waals surface area contributed by atoms with Crippen LogP contribution in [0.25, 0.3) is 0 Å². The van der Waals surface area contributed by atoms with E-state index in [1.54, 1.807) is 4.90 Å². The standard InChI is InChI=1S/C20H16BrNO/c21-17-13-11-16(12-14-17)15-20(23)22(18-7-3-1-4-8-18)19-9-5-2-6-10-19/h1-14H,15H2. The van der Waals surface area contributed by atoms with Gasteiger partial charge in [-0.2, -0.15) is 0 Å². The van der Waals surface area contributed by atoms with Gasteiger partial charge in [0.1, 0.15) is 0 Å². The molecule has 0 atom stereocenters. The largest absolute Gasteiger partial charge is 0.281 e. The van der Waals surface area contributed by atoms with Gasteiger partial charge in [0.15, 0.2) is 0 Å². The number of para-hydroxylation sites is 2. The van der Waals surface area contributed by atoms with E-state index in [4.69, 9.17) is 0 Å². The second-order valence-corrected chi connectivity index (χ2v) is 6.12. The smallest absolute Gasteiger partial charge is 0.235 e. The zero-order valence-electron chi connectivity index (χ0n) is 12.5. The van der Waals surface area contributed by atoms with E-state index >= 15 is 0 Å². The summed E-state index contributed by atoms with van der Waals surface area (Å²) in [7, 11) is 0. The summed E-state index contributed by atoms with van der Waals surface area (Å²) in [6.45, 7) is 0. The molecule has 114 valence electrons. The second-order valence-electron chi connectivity index (χ2n) is 5.20. The van der Waals surface area contributed by atoms with Crippen LogP contribution in [0.1, 0.15) is 5.56 Å². The van der Waals surface area contributed by atoms with E-state index in [9.17, 15) is 4.79 Å². The van der Waals surface area contributed by atoms with Gasteiger partial charge in [0, 0.05) is 15.8 Å². The van der Waals surface area contributed by atoms with Crippen LogP contribution in [-0.4, -0.2) is 5.91 Å². The summed E-state index contributed by atoms with van der Waals surface area (Å²) in [4.78, 5) is 14.7. The monoisotopic (exact) mass is 365 g/mol. The average molecular weight is 366 g/mol. The molecule has 0 saturated heterocycles. The van der Waals surface area contributed by atoms with Gasteiger partial charge in [0.2, 0.25) is 5.91 Å². The zero-order valence-corrected chi connectivity index (χ0v) is 14.1. The molecule has 0 aliphatic rings. The van der Waals surface area contributed by atoms with Crippen molar-refractivity contribution in [3.8, 4) is 0 Å². The third-order valence-electron chi connectivity index (χ3n) is 3.55. The molecule has 0 fully saturated rings. The van der Waals surface area contributed by atoms with Crippen molar-refractivity contribution in [2.45, 2.75) is 6.42 Å². The van der Waals surface area contributed by atoms with Gasteiger partial charge in [-0.3, -0.25) is 9.69 Å². The van der Waals surface area contributed by atoms with Gasteiger partial charge in [-0.05, 0) is 42.0 Å². The molecule has 23 heavy (non-hydrogen) atoms. The lowest BCUT2D eigenvalue weighted by atomic mass is 10.1. The first kappa shape index (κ1) is 15.5.